The lowest BCUT2D eigenvalue weighted by molar-refractivity contribution is -0.132. The van der Waals surface area contributed by atoms with E-state index in [4.69, 9.17) is 4.74 Å². The average Bonchev–Trinajstić information content (AvgIpc) is 3.02. The molecule has 10 heteroatoms. The number of amides is 5. The summed E-state index contributed by atoms with van der Waals surface area (Å²) >= 11 is 0. The number of ether oxygens (including phenoxy) is 1. The van der Waals surface area contributed by atoms with Crippen LogP contribution in [-0.2, 0) is 9.53 Å². The Bertz CT molecular complexity index is 1060. The topological polar surface area (TPSA) is 125 Å². The zero-order valence-electron chi connectivity index (χ0n) is 21.9. The standard InChI is InChI=1S/C26H36N4O6/c1-25(2,3)30-22(33)18-8-7-16(15-19(18)23(30)34)21(32)28-17-10-13-29(14-11-17)20(31)9-12-27-24(35)36-26(4,5)6/h7-8,15,17H,9-14H2,1-6H3,(H,27,35)(H,28,32). The van der Waals surface area contributed by atoms with E-state index in [0.29, 0.717) is 37.1 Å². The second-order valence-electron chi connectivity index (χ2n) is 11.2. The molecule has 1 saturated heterocycles. The van der Waals surface area contributed by atoms with Crippen LogP contribution in [0.2, 0.25) is 0 Å². The van der Waals surface area contributed by atoms with Crippen LogP contribution in [0.1, 0.15) is 91.9 Å². The number of rotatable bonds is 5. The Morgan fingerprint density at radius 2 is 1.58 bits per heavy atom. The largest absolute Gasteiger partial charge is 0.444 e. The highest BCUT2D eigenvalue weighted by atomic mass is 16.6. The predicted molar refractivity (Wildman–Crippen MR) is 133 cm³/mol. The van der Waals surface area contributed by atoms with Crippen LogP contribution in [0.25, 0.3) is 0 Å². The van der Waals surface area contributed by atoms with Gasteiger partial charge in [0.05, 0.1) is 11.1 Å². The zero-order valence-corrected chi connectivity index (χ0v) is 21.9. The number of hydrogen-bond donors (Lipinski definition) is 2. The maximum Gasteiger partial charge on any atom is 0.407 e. The number of fused-ring (bicyclic) bond motifs is 1. The first-order chi connectivity index (χ1) is 16.7. The number of carbonyl (C=O) groups is 5. The van der Waals surface area contributed by atoms with Crippen molar-refractivity contribution in [3.05, 3.63) is 34.9 Å². The molecule has 1 aromatic rings. The van der Waals surface area contributed by atoms with Crippen molar-refractivity contribution in [1.29, 1.82) is 0 Å². The molecule has 0 atom stereocenters. The maximum atomic E-state index is 12.8. The minimum Gasteiger partial charge on any atom is -0.444 e. The second-order valence-corrected chi connectivity index (χ2v) is 11.2. The Labute approximate surface area is 211 Å². The van der Waals surface area contributed by atoms with Crippen LogP contribution in [0.15, 0.2) is 18.2 Å². The normalized spacial score (nSPS) is 16.6. The number of alkyl carbamates (subject to hydrolysis) is 1. The summed E-state index contributed by atoms with van der Waals surface area (Å²) in [5.74, 6) is -1.14. The molecular formula is C26H36N4O6. The summed E-state index contributed by atoms with van der Waals surface area (Å²) < 4.78 is 5.16. The lowest BCUT2D eigenvalue weighted by atomic mass is 10.0. The quantitative estimate of drug-likeness (QED) is 0.599. The third kappa shape index (κ3) is 6.41. The molecule has 0 radical (unpaired) electrons. The minimum atomic E-state index is -0.660. The number of nitrogens with one attached hydrogen (secondary N) is 2. The molecule has 36 heavy (non-hydrogen) atoms. The van der Waals surface area contributed by atoms with Gasteiger partial charge in [-0.1, -0.05) is 0 Å². The van der Waals surface area contributed by atoms with Crippen LogP contribution in [0, 0.1) is 0 Å². The fraction of sp³-hybridized carbons (Fsp3) is 0.577. The maximum absolute atomic E-state index is 12.8. The fourth-order valence-corrected chi connectivity index (χ4v) is 4.28. The summed E-state index contributed by atoms with van der Waals surface area (Å²) in [6.07, 6.45) is 0.804. The molecule has 2 N–H and O–H groups in total. The van der Waals surface area contributed by atoms with Gasteiger partial charge in [0.25, 0.3) is 17.7 Å². The van der Waals surface area contributed by atoms with Crippen LogP contribution in [-0.4, -0.2) is 76.3 Å². The SMILES string of the molecule is CC(C)(C)OC(=O)NCCC(=O)N1CCC(NC(=O)c2ccc3c(c2)C(=O)N(C(C)(C)C)C3=O)CC1. The lowest BCUT2D eigenvalue weighted by Crippen LogP contribution is -2.47. The highest BCUT2D eigenvalue weighted by molar-refractivity contribution is 6.22. The summed E-state index contributed by atoms with van der Waals surface area (Å²) in [5, 5.41) is 5.56. The predicted octanol–water partition coefficient (Wildman–Crippen LogP) is 2.72. The lowest BCUT2D eigenvalue weighted by Gasteiger charge is -2.32. The first kappa shape index (κ1) is 27.2. The van der Waals surface area contributed by atoms with Crippen LogP contribution in [0.5, 0.6) is 0 Å². The molecule has 2 heterocycles. The summed E-state index contributed by atoms with van der Waals surface area (Å²) in [6, 6.07) is 4.45. The first-order valence-electron chi connectivity index (χ1n) is 12.3. The molecule has 0 aliphatic carbocycles. The Morgan fingerprint density at radius 1 is 0.972 bits per heavy atom. The molecule has 0 bridgehead atoms. The van der Waals surface area contributed by atoms with Gasteiger partial charge in [0.2, 0.25) is 5.91 Å². The first-order valence-corrected chi connectivity index (χ1v) is 12.3. The van der Waals surface area contributed by atoms with E-state index in [-0.39, 0.29) is 42.3 Å². The van der Waals surface area contributed by atoms with E-state index in [1.165, 1.54) is 17.0 Å². The van der Waals surface area contributed by atoms with Gasteiger partial charge in [-0.3, -0.25) is 24.1 Å². The van der Waals surface area contributed by atoms with Gasteiger partial charge in [-0.2, -0.15) is 0 Å². The van der Waals surface area contributed by atoms with Crippen molar-refractivity contribution >= 4 is 29.7 Å². The van der Waals surface area contributed by atoms with Crippen molar-refractivity contribution in [1.82, 2.24) is 20.4 Å². The van der Waals surface area contributed by atoms with Crippen LogP contribution in [0.4, 0.5) is 4.79 Å². The van der Waals surface area contributed by atoms with Crippen molar-refractivity contribution in [3.8, 4) is 0 Å². The minimum absolute atomic E-state index is 0.0685. The van der Waals surface area contributed by atoms with Crippen molar-refractivity contribution in [2.75, 3.05) is 19.6 Å². The number of imide groups is 1. The van der Waals surface area contributed by atoms with E-state index in [9.17, 15) is 24.0 Å². The zero-order chi connectivity index (χ0) is 26.8. The Balaban J connectivity index is 1.48. The molecule has 0 saturated carbocycles. The van der Waals surface area contributed by atoms with Crippen LogP contribution < -0.4 is 10.6 Å². The molecular weight excluding hydrogens is 464 g/mol. The van der Waals surface area contributed by atoms with E-state index in [0.717, 1.165) is 0 Å². The number of nitrogens with zero attached hydrogens (tertiary/aromatic N) is 2. The molecule has 2 aliphatic rings. The van der Waals surface area contributed by atoms with Gasteiger partial charge in [0, 0.05) is 43.2 Å². The van der Waals surface area contributed by atoms with E-state index in [1.807, 2.05) is 0 Å². The molecule has 5 amide bonds. The van der Waals surface area contributed by atoms with Crippen molar-refractivity contribution in [2.24, 2.45) is 0 Å². The molecule has 0 spiro atoms. The summed E-state index contributed by atoms with van der Waals surface area (Å²) in [5.41, 5.74) is -0.396. The summed E-state index contributed by atoms with van der Waals surface area (Å²) in [4.78, 5) is 65.4. The Kier molecular flexibility index (Phi) is 7.76. The van der Waals surface area contributed by atoms with E-state index in [2.05, 4.69) is 10.6 Å². The Hall–Kier alpha value is -3.43. The smallest absolute Gasteiger partial charge is 0.407 e. The number of piperidine rings is 1. The van der Waals surface area contributed by atoms with Gasteiger partial charge in [-0.15, -0.1) is 0 Å². The highest BCUT2D eigenvalue weighted by Gasteiger charge is 2.42. The molecule has 196 valence electrons. The summed E-state index contributed by atoms with van der Waals surface area (Å²) in [6.45, 7) is 11.9. The van der Waals surface area contributed by atoms with E-state index in [1.54, 1.807) is 52.5 Å². The van der Waals surface area contributed by atoms with Crippen LogP contribution >= 0.6 is 0 Å². The number of hydrogen-bond acceptors (Lipinski definition) is 6. The number of carbonyl (C=O) groups excluding carboxylic acids is 5. The van der Waals surface area contributed by atoms with Crippen molar-refractivity contribution in [3.63, 3.8) is 0 Å². The monoisotopic (exact) mass is 500 g/mol. The third-order valence-electron chi connectivity index (χ3n) is 6.01. The van der Waals surface area contributed by atoms with Gasteiger partial charge in [-0.05, 0) is 72.6 Å². The third-order valence-corrected chi connectivity index (χ3v) is 6.01. The van der Waals surface area contributed by atoms with Gasteiger partial charge in [-0.25, -0.2) is 4.79 Å². The summed E-state index contributed by atoms with van der Waals surface area (Å²) in [7, 11) is 0. The number of benzene rings is 1. The van der Waals surface area contributed by atoms with Gasteiger partial charge >= 0.3 is 6.09 Å². The molecule has 3 rings (SSSR count). The molecule has 10 nitrogen and oxygen atoms in total. The fourth-order valence-electron chi connectivity index (χ4n) is 4.28. The number of likely N-dealkylation sites (tertiary alicyclic amines) is 1. The van der Waals surface area contributed by atoms with Crippen molar-refractivity contribution < 1.29 is 28.7 Å². The molecule has 0 unspecified atom stereocenters. The van der Waals surface area contributed by atoms with Crippen LogP contribution in [0.3, 0.4) is 0 Å². The highest BCUT2D eigenvalue weighted by Crippen LogP contribution is 2.30. The molecule has 1 fully saturated rings. The Morgan fingerprint density at radius 3 is 2.17 bits per heavy atom. The van der Waals surface area contributed by atoms with E-state index >= 15 is 0 Å². The van der Waals surface area contributed by atoms with Gasteiger partial charge in [0.1, 0.15) is 5.60 Å². The second kappa shape index (κ2) is 10.3. The van der Waals surface area contributed by atoms with Gasteiger partial charge in [0.15, 0.2) is 0 Å². The molecule has 1 aromatic carbocycles. The molecule has 2 aliphatic heterocycles. The molecule has 0 aromatic heterocycles. The van der Waals surface area contributed by atoms with Gasteiger partial charge < -0.3 is 20.3 Å². The van der Waals surface area contributed by atoms with Crippen molar-refractivity contribution in [2.45, 2.75) is 78.0 Å². The average molecular weight is 501 g/mol. The van der Waals surface area contributed by atoms with E-state index < -0.39 is 23.1 Å².